The lowest BCUT2D eigenvalue weighted by atomic mass is 9.59. The van der Waals surface area contributed by atoms with Gasteiger partial charge in [0.05, 0.1) is 17.4 Å². The van der Waals surface area contributed by atoms with E-state index in [4.69, 9.17) is 5.11 Å². The number of rotatable bonds is 7. The lowest BCUT2D eigenvalue weighted by Gasteiger charge is -2.64. The van der Waals surface area contributed by atoms with Crippen LogP contribution in [0.5, 0.6) is 5.75 Å². The molecule has 1 atom stereocenters. The zero-order chi connectivity index (χ0) is 27.3. The van der Waals surface area contributed by atoms with Crippen LogP contribution in [-0.4, -0.2) is 118 Å². The van der Waals surface area contributed by atoms with Crippen molar-refractivity contribution >= 4 is 17.5 Å². The van der Waals surface area contributed by atoms with Crippen molar-refractivity contribution in [2.24, 2.45) is 5.41 Å². The number of carboxylic acids is 1. The van der Waals surface area contributed by atoms with Crippen molar-refractivity contribution in [1.29, 1.82) is 0 Å². The molecule has 1 aromatic carbocycles. The maximum Gasteiger partial charge on any atom is 0.303 e. The SMILES string of the molecule is O=C(O)CCCN1CCC(N2CC3(CC(N4CCN5c6cc(-c7ccccc7O)nnc6NC[C@H]5C4)C3)C2)CC1. The predicted molar refractivity (Wildman–Crippen MR) is 154 cm³/mol. The number of likely N-dealkylation sites (tertiary alicyclic amines) is 2. The first-order chi connectivity index (χ1) is 19.5. The lowest BCUT2D eigenvalue weighted by Crippen LogP contribution is -2.70. The minimum atomic E-state index is -0.684. The van der Waals surface area contributed by atoms with E-state index >= 15 is 0 Å². The van der Waals surface area contributed by atoms with Crippen LogP contribution in [0.2, 0.25) is 0 Å². The number of phenols is 1. The summed E-state index contributed by atoms with van der Waals surface area (Å²) in [7, 11) is 0. The number of aliphatic carboxylic acids is 1. The molecule has 1 spiro atoms. The van der Waals surface area contributed by atoms with E-state index in [1.807, 2.05) is 18.2 Å². The number of carbonyl (C=O) groups is 1. The normalized spacial score (nSPS) is 25.5. The Kier molecular flexibility index (Phi) is 6.80. The van der Waals surface area contributed by atoms with Crippen molar-refractivity contribution < 1.29 is 15.0 Å². The third-order valence-electron chi connectivity index (χ3n) is 10.2. The number of piperazine rings is 1. The molecule has 3 N–H and O–H groups in total. The third kappa shape index (κ3) is 4.90. The van der Waals surface area contributed by atoms with E-state index in [0.717, 1.165) is 63.7 Å². The van der Waals surface area contributed by atoms with Gasteiger partial charge < -0.3 is 25.3 Å². The van der Waals surface area contributed by atoms with Crippen LogP contribution in [0.15, 0.2) is 30.3 Å². The molecule has 10 heteroatoms. The van der Waals surface area contributed by atoms with Gasteiger partial charge in [-0.2, -0.15) is 0 Å². The Bertz CT molecular complexity index is 1240. The minimum Gasteiger partial charge on any atom is -0.507 e. The van der Waals surface area contributed by atoms with Gasteiger partial charge in [0, 0.05) is 63.3 Å². The van der Waals surface area contributed by atoms with Crippen LogP contribution in [-0.2, 0) is 4.79 Å². The first-order valence-electron chi connectivity index (χ1n) is 15.1. The minimum absolute atomic E-state index is 0.230. The zero-order valence-corrected chi connectivity index (χ0v) is 23.2. The van der Waals surface area contributed by atoms with E-state index in [1.165, 1.54) is 38.8 Å². The number of nitrogens with one attached hydrogen (secondary N) is 1. The molecule has 5 aliphatic rings. The van der Waals surface area contributed by atoms with E-state index in [9.17, 15) is 9.90 Å². The fourth-order valence-corrected chi connectivity index (χ4v) is 7.96. The monoisotopic (exact) mass is 547 g/mol. The van der Waals surface area contributed by atoms with Gasteiger partial charge in [0.1, 0.15) is 5.75 Å². The molecule has 40 heavy (non-hydrogen) atoms. The van der Waals surface area contributed by atoms with Crippen molar-refractivity contribution in [3.63, 3.8) is 0 Å². The molecule has 5 heterocycles. The Labute approximate surface area is 236 Å². The van der Waals surface area contributed by atoms with Gasteiger partial charge in [0.25, 0.3) is 0 Å². The van der Waals surface area contributed by atoms with Crippen LogP contribution in [0, 0.1) is 5.41 Å². The number of hydrogen-bond donors (Lipinski definition) is 3. The molecule has 0 unspecified atom stereocenters. The number of para-hydroxylation sites is 1. The molecular weight excluding hydrogens is 506 g/mol. The number of aromatic hydroxyl groups is 1. The van der Waals surface area contributed by atoms with Gasteiger partial charge in [-0.05, 0) is 75.4 Å². The molecule has 2 aromatic rings. The maximum absolute atomic E-state index is 10.8. The molecule has 3 saturated heterocycles. The fourth-order valence-electron chi connectivity index (χ4n) is 7.96. The second-order valence-electron chi connectivity index (χ2n) is 12.7. The summed E-state index contributed by atoms with van der Waals surface area (Å²) in [5, 5.41) is 31.5. The quantitative estimate of drug-likeness (QED) is 0.479. The number of piperidine rings is 1. The Balaban J connectivity index is 0.891. The molecule has 0 amide bonds. The van der Waals surface area contributed by atoms with Crippen LogP contribution >= 0.6 is 0 Å². The van der Waals surface area contributed by atoms with E-state index in [-0.39, 0.29) is 12.2 Å². The highest BCUT2D eigenvalue weighted by Gasteiger charge is 2.55. The van der Waals surface area contributed by atoms with Gasteiger partial charge in [0.15, 0.2) is 5.82 Å². The van der Waals surface area contributed by atoms with Crippen LogP contribution in [0.3, 0.4) is 0 Å². The summed E-state index contributed by atoms with van der Waals surface area (Å²) < 4.78 is 0. The summed E-state index contributed by atoms with van der Waals surface area (Å²) in [6.07, 6.45) is 6.15. The predicted octanol–water partition coefficient (Wildman–Crippen LogP) is 2.56. The number of hydrogen-bond acceptors (Lipinski definition) is 9. The number of aromatic nitrogens is 2. The van der Waals surface area contributed by atoms with Crippen LogP contribution in [0.4, 0.5) is 11.5 Å². The maximum atomic E-state index is 10.8. The number of phenolic OH excluding ortho intramolecular Hbond substituents is 1. The zero-order valence-electron chi connectivity index (χ0n) is 23.2. The van der Waals surface area contributed by atoms with Crippen LogP contribution < -0.4 is 10.2 Å². The third-order valence-corrected chi connectivity index (χ3v) is 10.2. The van der Waals surface area contributed by atoms with E-state index < -0.39 is 5.97 Å². The van der Waals surface area contributed by atoms with Crippen molar-refractivity contribution in [2.45, 2.75) is 56.7 Å². The van der Waals surface area contributed by atoms with Gasteiger partial charge in [0.2, 0.25) is 0 Å². The van der Waals surface area contributed by atoms with Crippen LogP contribution in [0.25, 0.3) is 11.3 Å². The number of carboxylic acid groups (broad SMARTS) is 1. The highest BCUT2D eigenvalue weighted by molar-refractivity contribution is 5.76. The van der Waals surface area contributed by atoms with Crippen LogP contribution in [0.1, 0.15) is 38.5 Å². The number of benzene rings is 1. The van der Waals surface area contributed by atoms with Gasteiger partial charge in [-0.1, -0.05) is 12.1 Å². The second-order valence-corrected chi connectivity index (χ2v) is 12.7. The number of nitrogens with zero attached hydrogens (tertiary/aromatic N) is 6. The average molecular weight is 548 g/mol. The summed E-state index contributed by atoms with van der Waals surface area (Å²) in [5.74, 6) is 0.386. The molecular formula is C30H41N7O3. The standard InChI is InChI=1S/C30H41N7O3/c38-27-5-2-1-4-24(27)25-14-26-29(33-32-25)31-17-23-18-35(12-13-37(23)26)22-15-30(16-22)19-36(20-30)21-7-10-34(11-8-21)9-3-6-28(39)40/h1-2,4-5,14,21-23,38H,3,6-13,15-20H2,(H,31,33)(H,39,40)/t23-/m0/s1. The molecule has 4 aliphatic heterocycles. The summed E-state index contributed by atoms with van der Waals surface area (Å²) in [4.78, 5) is 21.2. The lowest BCUT2D eigenvalue weighted by molar-refractivity contribution is -0.137. The van der Waals surface area contributed by atoms with Gasteiger partial charge >= 0.3 is 5.97 Å². The molecule has 10 nitrogen and oxygen atoms in total. The highest BCUT2D eigenvalue weighted by atomic mass is 16.4. The molecule has 214 valence electrons. The summed E-state index contributed by atoms with van der Waals surface area (Å²) in [6, 6.07) is 11.2. The number of anilines is 2. The molecule has 1 aliphatic carbocycles. The van der Waals surface area contributed by atoms with Gasteiger partial charge in [-0.15, -0.1) is 10.2 Å². The fraction of sp³-hybridized carbons (Fsp3) is 0.633. The number of fused-ring (bicyclic) bond motifs is 3. The Hall–Kier alpha value is -2.95. The smallest absolute Gasteiger partial charge is 0.303 e. The van der Waals surface area contributed by atoms with Crippen molar-refractivity contribution in [3.8, 4) is 17.0 Å². The van der Waals surface area contributed by atoms with Gasteiger partial charge in [-0.3, -0.25) is 14.6 Å². The molecule has 7 rings (SSSR count). The molecule has 4 fully saturated rings. The van der Waals surface area contributed by atoms with E-state index in [2.05, 4.69) is 41.2 Å². The van der Waals surface area contributed by atoms with E-state index in [0.29, 0.717) is 34.8 Å². The Morgan fingerprint density at radius 3 is 2.58 bits per heavy atom. The van der Waals surface area contributed by atoms with Crippen molar-refractivity contribution in [3.05, 3.63) is 30.3 Å². The van der Waals surface area contributed by atoms with E-state index in [1.54, 1.807) is 6.07 Å². The largest absolute Gasteiger partial charge is 0.507 e. The average Bonchev–Trinajstić information content (AvgIpc) is 2.92. The first kappa shape index (κ1) is 26.0. The first-order valence-corrected chi connectivity index (χ1v) is 15.1. The summed E-state index contributed by atoms with van der Waals surface area (Å²) in [5.41, 5.74) is 3.06. The molecule has 1 saturated carbocycles. The molecule has 0 bridgehead atoms. The van der Waals surface area contributed by atoms with Crippen molar-refractivity contribution in [2.75, 3.05) is 69.1 Å². The molecule has 0 radical (unpaired) electrons. The molecule has 1 aromatic heterocycles. The summed E-state index contributed by atoms with van der Waals surface area (Å²) >= 11 is 0. The topological polar surface area (TPSA) is 108 Å². The Morgan fingerprint density at radius 2 is 1.80 bits per heavy atom. The second kappa shape index (κ2) is 10.5. The highest BCUT2D eigenvalue weighted by Crippen LogP contribution is 2.52. The Morgan fingerprint density at radius 1 is 1.00 bits per heavy atom. The van der Waals surface area contributed by atoms with Crippen molar-refractivity contribution in [1.82, 2.24) is 24.9 Å². The summed E-state index contributed by atoms with van der Waals surface area (Å²) in [6.45, 7) is 9.70. The van der Waals surface area contributed by atoms with Gasteiger partial charge in [-0.25, -0.2) is 0 Å².